The van der Waals surface area contributed by atoms with Crippen LogP contribution in [-0.4, -0.2) is 32.9 Å². The molecule has 6 heteroatoms. The van der Waals surface area contributed by atoms with Crippen molar-refractivity contribution in [1.29, 1.82) is 0 Å². The normalized spacial score (nSPS) is 23.7. The van der Waals surface area contributed by atoms with E-state index in [1.165, 1.54) is 0 Å². The number of benzene rings is 1. The average molecular weight is 374 g/mol. The van der Waals surface area contributed by atoms with Gasteiger partial charge in [0, 0.05) is 35.5 Å². The molecule has 1 aliphatic carbocycles. The molecule has 0 amide bonds. The molecule has 0 bridgehead atoms. The van der Waals surface area contributed by atoms with Crippen molar-refractivity contribution in [3.63, 3.8) is 0 Å². The molecule has 1 unspecified atom stereocenters. The van der Waals surface area contributed by atoms with Crippen molar-refractivity contribution in [2.45, 2.75) is 19.6 Å². The number of rotatable bonds is 4. The molecule has 2 N–H and O–H groups in total. The number of aromatic nitrogens is 3. The fourth-order valence-corrected chi connectivity index (χ4v) is 4.04. The van der Waals surface area contributed by atoms with Crippen molar-refractivity contribution in [2.75, 3.05) is 13.1 Å². The van der Waals surface area contributed by atoms with E-state index in [0.29, 0.717) is 24.0 Å². The third kappa shape index (κ3) is 3.24. The van der Waals surface area contributed by atoms with Gasteiger partial charge in [0.25, 0.3) is 0 Å². The lowest BCUT2D eigenvalue weighted by Crippen LogP contribution is -2.13. The van der Waals surface area contributed by atoms with Gasteiger partial charge in [0.05, 0.1) is 6.54 Å². The quantitative estimate of drug-likeness (QED) is 0.686. The van der Waals surface area contributed by atoms with Gasteiger partial charge in [0.2, 0.25) is 0 Å². The molecule has 1 saturated carbocycles. The monoisotopic (exact) mass is 374 g/mol. The van der Waals surface area contributed by atoms with E-state index in [1.807, 2.05) is 41.1 Å². The highest BCUT2D eigenvalue weighted by Crippen LogP contribution is 2.48. The summed E-state index contributed by atoms with van der Waals surface area (Å²) in [6, 6.07) is 10.0. The van der Waals surface area contributed by atoms with Crippen LogP contribution in [0.3, 0.4) is 0 Å². The fourth-order valence-electron chi connectivity index (χ4n) is 4.04. The van der Waals surface area contributed by atoms with Gasteiger partial charge >= 0.3 is 0 Å². The second-order valence-corrected chi connectivity index (χ2v) is 7.63. The van der Waals surface area contributed by atoms with Gasteiger partial charge in [-0.1, -0.05) is 29.1 Å². The summed E-state index contributed by atoms with van der Waals surface area (Å²) in [6.45, 7) is 4.42. The molecule has 3 heterocycles. The zero-order valence-corrected chi connectivity index (χ0v) is 15.7. The second kappa shape index (κ2) is 6.93. The van der Waals surface area contributed by atoms with Crippen molar-refractivity contribution < 1.29 is 9.63 Å². The van der Waals surface area contributed by atoms with Crippen LogP contribution < -0.4 is 5.32 Å². The number of piperidine rings is 1. The Balaban J connectivity index is 1.27. The SMILES string of the molecule is C[C@H](O)c1nccn1Cc1cc(-c2ccc(C#CC3[C@H]4CNC[C@@H]34)cc2)no1. The Morgan fingerprint density at radius 1 is 1.29 bits per heavy atom. The first kappa shape index (κ1) is 17.2. The highest BCUT2D eigenvalue weighted by Gasteiger charge is 2.51. The lowest BCUT2D eigenvalue weighted by molar-refractivity contribution is 0.183. The first-order valence-corrected chi connectivity index (χ1v) is 9.66. The maximum Gasteiger partial charge on any atom is 0.157 e. The van der Waals surface area contributed by atoms with Crippen LogP contribution >= 0.6 is 0 Å². The van der Waals surface area contributed by atoms with Crippen LogP contribution in [0.15, 0.2) is 47.2 Å². The summed E-state index contributed by atoms with van der Waals surface area (Å²) < 4.78 is 7.33. The molecule has 5 rings (SSSR count). The number of aliphatic hydroxyl groups excluding tert-OH is 1. The van der Waals surface area contributed by atoms with Gasteiger partial charge in [-0.25, -0.2) is 4.98 Å². The molecule has 1 aromatic carbocycles. The molecule has 2 aromatic heterocycles. The van der Waals surface area contributed by atoms with Gasteiger partial charge in [-0.3, -0.25) is 0 Å². The summed E-state index contributed by atoms with van der Waals surface area (Å²) in [4.78, 5) is 4.17. The second-order valence-electron chi connectivity index (χ2n) is 7.63. The number of imidazole rings is 1. The van der Waals surface area contributed by atoms with Crippen molar-refractivity contribution >= 4 is 0 Å². The number of hydrogen-bond donors (Lipinski definition) is 2. The predicted molar refractivity (Wildman–Crippen MR) is 104 cm³/mol. The number of fused-ring (bicyclic) bond motifs is 1. The van der Waals surface area contributed by atoms with Crippen LogP contribution in [0.1, 0.15) is 30.2 Å². The zero-order chi connectivity index (χ0) is 19.1. The number of aliphatic hydroxyl groups is 1. The smallest absolute Gasteiger partial charge is 0.157 e. The van der Waals surface area contributed by atoms with Crippen LogP contribution in [0.25, 0.3) is 11.3 Å². The Morgan fingerprint density at radius 2 is 2.07 bits per heavy atom. The molecule has 4 atom stereocenters. The summed E-state index contributed by atoms with van der Waals surface area (Å²) in [5.41, 5.74) is 2.82. The largest absolute Gasteiger partial charge is 0.385 e. The first-order chi connectivity index (χ1) is 13.7. The zero-order valence-electron chi connectivity index (χ0n) is 15.7. The summed E-state index contributed by atoms with van der Waals surface area (Å²) in [6.07, 6.45) is 2.86. The molecule has 3 aromatic rings. The molecule has 2 fully saturated rings. The third-order valence-corrected chi connectivity index (χ3v) is 5.66. The van der Waals surface area contributed by atoms with E-state index in [4.69, 9.17) is 4.52 Å². The maximum absolute atomic E-state index is 9.77. The van der Waals surface area contributed by atoms with E-state index in [2.05, 4.69) is 27.3 Å². The van der Waals surface area contributed by atoms with E-state index < -0.39 is 6.10 Å². The van der Waals surface area contributed by atoms with E-state index in [0.717, 1.165) is 41.7 Å². The standard InChI is InChI=1S/C22H22N4O2/c1-14(27)22-24-8-9-26(22)13-17-10-21(25-28-17)16-5-2-15(3-6-16)4-7-18-19-11-23-12-20(18)19/h2-3,5-6,8-10,14,18-20,23,27H,11-13H2,1H3/t14-,18?,19-,20+/m0/s1. The van der Waals surface area contributed by atoms with E-state index in [9.17, 15) is 5.11 Å². The van der Waals surface area contributed by atoms with Gasteiger partial charge < -0.3 is 19.5 Å². The summed E-state index contributed by atoms with van der Waals surface area (Å²) in [7, 11) is 0. The summed E-state index contributed by atoms with van der Waals surface area (Å²) in [5.74, 6) is 10.2. The van der Waals surface area contributed by atoms with Crippen molar-refractivity contribution in [3.05, 3.63) is 59.9 Å². The van der Waals surface area contributed by atoms with Crippen molar-refractivity contribution in [1.82, 2.24) is 20.0 Å². The fraction of sp³-hybridized carbons (Fsp3) is 0.364. The van der Waals surface area contributed by atoms with E-state index in [1.54, 1.807) is 13.1 Å². The molecule has 6 nitrogen and oxygen atoms in total. The lowest BCUT2D eigenvalue weighted by Gasteiger charge is -2.07. The van der Waals surface area contributed by atoms with Gasteiger partial charge in [-0.15, -0.1) is 0 Å². The molecule has 2 aliphatic rings. The summed E-state index contributed by atoms with van der Waals surface area (Å²) >= 11 is 0. The minimum absolute atomic E-state index is 0.482. The topological polar surface area (TPSA) is 76.1 Å². The Kier molecular flexibility index (Phi) is 4.27. The van der Waals surface area contributed by atoms with E-state index >= 15 is 0 Å². The third-order valence-electron chi connectivity index (χ3n) is 5.66. The number of nitrogens with zero attached hydrogens (tertiary/aromatic N) is 3. The average Bonchev–Trinajstić information content (AvgIpc) is 3.21. The Hall–Kier alpha value is -2.88. The van der Waals surface area contributed by atoms with Crippen molar-refractivity contribution in [2.24, 2.45) is 17.8 Å². The lowest BCUT2D eigenvalue weighted by atomic mass is 10.1. The molecule has 28 heavy (non-hydrogen) atoms. The molecule has 1 saturated heterocycles. The molecule has 0 spiro atoms. The molecular formula is C22H22N4O2. The van der Waals surface area contributed by atoms with E-state index in [-0.39, 0.29) is 0 Å². The summed E-state index contributed by atoms with van der Waals surface area (Å²) in [5, 5.41) is 17.3. The minimum atomic E-state index is -0.627. The molecule has 1 aliphatic heterocycles. The van der Waals surface area contributed by atoms with Gasteiger partial charge in [0.15, 0.2) is 5.76 Å². The van der Waals surface area contributed by atoms with Gasteiger partial charge in [-0.05, 0) is 44.0 Å². The number of nitrogens with one attached hydrogen (secondary N) is 1. The molecule has 0 radical (unpaired) electrons. The van der Waals surface area contributed by atoms with Crippen LogP contribution in [0.4, 0.5) is 0 Å². The van der Waals surface area contributed by atoms with Crippen molar-refractivity contribution in [3.8, 4) is 23.1 Å². The van der Waals surface area contributed by atoms with Crippen LogP contribution in [-0.2, 0) is 6.54 Å². The predicted octanol–water partition coefficient (Wildman–Crippen LogP) is 2.46. The van der Waals surface area contributed by atoms with Crippen LogP contribution in [0, 0.1) is 29.6 Å². The number of hydrogen-bond acceptors (Lipinski definition) is 5. The van der Waals surface area contributed by atoms with Crippen LogP contribution in [0.2, 0.25) is 0 Å². The first-order valence-electron chi connectivity index (χ1n) is 9.66. The van der Waals surface area contributed by atoms with Crippen LogP contribution in [0.5, 0.6) is 0 Å². The molecule has 142 valence electrons. The van der Waals surface area contributed by atoms with Gasteiger partial charge in [0.1, 0.15) is 17.6 Å². The Morgan fingerprint density at radius 3 is 2.82 bits per heavy atom. The maximum atomic E-state index is 9.77. The Labute approximate surface area is 163 Å². The minimum Gasteiger partial charge on any atom is -0.385 e. The highest BCUT2D eigenvalue weighted by molar-refractivity contribution is 5.60. The highest BCUT2D eigenvalue weighted by atomic mass is 16.5. The van der Waals surface area contributed by atoms with Gasteiger partial charge in [-0.2, -0.15) is 0 Å². The Bertz CT molecular complexity index is 1030. The molecular weight excluding hydrogens is 352 g/mol.